The largest absolute Gasteiger partial charge is 0.481 e. The lowest BCUT2D eigenvalue weighted by atomic mass is 9.32. The number of allylic oxidation sites excluding steroid dienone is 1. The molecule has 5 aliphatic rings. The number of carboxylic acid groups (broad SMARTS) is 1. The molecular formula is C33H53NO5. The summed E-state index contributed by atoms with van der Waals surface area (Å²) < 4.78 is 6.04. The number of carboxylic acids is 1. The van der Waals surface area contributed by atoms with Crippen LogP contribution in [0, 0.1) is 56.7 Å². The summed E-state index contributed by atoms with van der Waals surface area (Å²) in [4.78, 5) is 30.2. The van der Waals surface area contributed by atoms with E-state index in [1.165, 1.54) is 25.5 Å². The third-order valence-electron chi connectivity index (χ3n) is 14.1. The molecule has 220 valence electrons. The minimum Gasteiger partial charge on any atom is -0.481 e. The van der Waals surface area contributed by atoms with E-state index in [2.05, 4.69) is 53.6 Å². The Morgan fingerprint density at radius 1 is 0.897 bits per heavy atom. The minimum absolute atomic E-state index is 0.0651. The maximum Gasteiger partial charge on any atom is 0.322 e. The van der Waals surface area contributed by atoms with E-state index in [-0.39, 0.29) is 46.2 Å². The van der Waals surface area contributed by atoms with Gasteiger partial charge in [-0.3, -0.25) is 9.59 Å². The molecule has 5 rings (SSSR count). The summed E-state index contributed by atoms with van der Waals surface area (Å²) in [6.07, 6.45) is 10.1. The Bertz CT molecular complexity index is 1020. The molecule has 0 amide bonds. The second kappa shape index (κ2) is 9.58. The SMILES string of the molecule is C=C(C)[C@@H]1CCC2(C(=O)O)CCC3(C)C(CCC4C5(C)CCC(OC(=O)CNOC)C(C)(C)C5CCC43C)C12. The van der Waals surface area contributed by atoms with Gasteiger partial charge < -0.3 is 14.7 Å². The number of hydrogen-bond donors (Lipinski definition) is 2. The van der Waals surface area contributed by atoms with E-state index in [1.807, 2.05) is 0 Å². The molecule has 39 heavy (non-hydrogen) atoms. The van der Waals surface area contributed by atoms with Gasteiger partial charge in [0.15, 0.2) is 0 Å². The molecule has 0 aromatic heterocycles. The van der Waals surface area contributed by atoms with Gasteiger partial charge in [-0.05, 0) is 117 Å². The third-order valence-corrected chi connectivity index (χ3v) is 14.1. The summed E-state index contributed by atoms with van der Waals surface area (Å²) in [5.41, 5.74) is 3.63. The topological polar surface area (TPSA) is 84.9 Å². The van der Waals surface area contributed by atoms with Crippen molar-refractivity contribution in [3.05, 3.63) is 12.2 Å². The average molecular weight is 544 g/mol. The van der Waals surface area contributed by atoms with Crippen molar-refractivity contribution in [2.24, 2.45) is 56.7 Å². The maximum absolute atomic E-state index is 12.9. The first-order chi connectivity index (χ1) is 18.2. The zero-order chi connectivity index (χ0) is 28.6. The van der Waals surface area contributed by atoms with Crippen molar-refractivity contribution in [2.75, 3.05) is 13.7 Å². The number of aliphatic carboxylic acids is 1. The van der Waals surface area contributed by atoms with Gasteiger partial charge in [-0.2, -0.15) is 5.48 Å². The van der Waals surface area contributed by atoms with Crippen LogP contribution in [0.1, 0.15) is 106 Å². The summed E-state index contributed by atoms with van der Waals surface area (Å²) >= 11 is 0. The smallest absolute Gasteiger partial charge is 0.322 e. The van der Waals surface area contributed by atoms with Crippen molar-refractivity contribution in [3.8, 4) is 0 Å². The summed E-state index contributed by atoms with van der Waals surface area (Å²) in [5, 5.41) is 10.6. The van der Waals surface area contributed by atoms with Gasteiger partial charge in [-0.1, -0.05) is 46.8 Å². The van der Waals surface area contributed by atoms with Crippen molar-refractivity contribution in [2.45, 2.75) is 112 Å². The van der Waals surface area contributed by atoms with E-state index in [1.54, 1.807) is 0 Å². The Labute approximate surface area is 236 Å². The number of esters is 1. The Morgan fingerprint density at radius 2 is 1.62 bits per heavy atom. The fourth-order valence-electron chi connectivity index (χ4n) is 12.0. The fraction of sp³-hybridized carbons (Fsp3) is 0.879. The highest BCUT2D eigenvalue weighted by molar-refractivity contribution is 5.76. The van der Waals surface area contributed by atoms with Crippen molar-refractivity contribution >= 4 is 11.9 Å². The van der Waals surface area contributed by atoms with Gasteiger partial charge >= 0.3 is 11.9 Å². The zero-order valence-electron chi connectivity index (χ0n) is 25.5. The summed E-state index contributed by atoms with van der Waals surface area (Å²) in [6.45, 7) is 18.9. The number of carbonyl (C=O) groups is 2. The molecule has 0 spiro atoms. The zero-order valence-corrected chi connectivity index (χ0v) is 25.5. The first-order valence-corrected chi connectivity index (χ1v) is 15.5. The van der Waals surface area contributed by atoms with Crippen LogP contribution in [0.2, 0.25) is 0 Å². The van der Waals surface area contributed by atoms with Crippen LogP contribution >= 0.6 is 0 Å². The van der Waals surface area contributed by atoms with E-state index in [9.17, 15) is 14.7 Å². The van der Waals surface area contributed by atoms with Crippen LogP contribution in [0.25, 0.3) is 0 Å². The summed E-state index contributed by atoms with van der Waals surface area (Å²) in [7, 11) is 1.51. The lowest BCUT2D eigenvalue weighted by Crippen LogP contribution is -2.67. The predicted octanol–water partition coefficient (Wildman–Crippen LogP) is 6.79. The number of carbonyl (C=O) groups excluding carboxylic acids is 1. The average Bonchev–Trinajstić information content (AvgIpc) is 3.26. The molecule has 5 fully saturated rings. The second-order valence-electron chi connectivity index (χ2n) is 15.5. The number of nitrogens with one attached hydrogen (secondary N) is 1. The molecule has 5 saturated carbocycles. The van der Waals surface area contributed by atoms with Gasteiger partial charge in [0.05, 0.1) is 12.5 Å². The van der Waals surface area contributed by atoms with E-state index >= 15 is 0 Å². The Hall–Kier alpha value is -1.40. The van der Waals surface area contributed by atoms with Gasteiger partial charge in [0.2, 0.25) is 0 Å². The minimum atomic E-state index is -0.570. The van der Waals surface area contributed by atoms with Crippen molar-refractivity contribution in [3.63, 3.8) is 0 Å². The van der Waals surface area contributed by atoms with Crippen LogP contribution in [0.15, 0.2) is 12.2 Å². The predicted molar refractivity (Wildman–Crippen MR) is 151 cm³/mol. The molecule has 6 heteroatoms. The molecule has 6 nitrogen and oxygen atoms in total. The highest BCUT2D eigenvalue weighted by Crippen LogP contribution is 2.77. The molecule has 2 N–H and O–H groups in total. The first kappa shape index (κ1) is 29.1. The lowest BCUT2D eigenvalue weighted by Gasteiger charge is -2.72. The number of fused-ring (bicyclic) bond motifs is 7. The first-order valence-electron chi connectivity index (χ1n) is 15.5. The van der Waals surface area contributed by atoms with Gasteiger partial charge in [0, 0.05) is 5.41 Å². The molecule has 0 bridgehead atoms. The number of hydrogen-bond acceptors (Lipinski definition) is 5. The van der Waals surface area contributed by atoms with E-state index < -0.39 is 11.4 Å². The van der Waals surface area contributed by atoms with Crippen LogP contribution in [0.5, 0.6) is 0 Å². The molecule has 10 atom stereocenters. The van der Waals surface area contributed by atoms with Crippen LogP contribution < -0.4 is 5.48 Å². The van der Waals surface area contributed by atoms with Gasteiger partial charge in [-0.25, -0.2) is 0 Å². The highest BCUT2D eigenvalue weighted by atomic mass is 16.6. The molecular weight excluding hydrogens is 490 g/mol. The monoisotopic (exact) mass is 543 g/mol. The Kier molecular flexibility index (Phi) is 7.15. The molecule has 9 unspecified atom stereocenters. The Balaban J connectivity index is 1.45. The van der Waals surface area contributed by atoms with Crippen LogP contribution in [0.3, 0.4) is 0 Å². The number of ether oxygens (including phenoxy) is 1. The van der Waals surface area contributed by atoms with Gasteiger partial charge in [-0.15, -0.1) is 0 Å². The second-order valence-corrected chi connectivity index (χ2v) is 15.5. The quantitative estimate of drug-likeness (QED) is 0.218. The maximum atomic E-state index is 12.9. The van der Waals surface area contributed by atoms with Crippen LogP contribution in [0.4, 0.5) is 0 Å². The van der Waals surface area contributed by atoms with E-state index in [0.29, 0.717) is 23.7 Å². The van der Waals surface area contributed by atoms with Crippen molar-refractivity contribution < 1.29 is 24.3 Å². The van der Waals surface area contributed by atoms with Crippen LogP contribution in [-0.4, -0.2) is 36.8 Å². The Morgan fingerprint density at radius 3 is 2.26 bits per heavy atom. The van der Waals surface area contributed by atoms with Crippen molar-refractivity contribution in [1.82, 2.24) is 5.48 Å². The molecule has 0 heterocycles. The number of rotatable bonds is 6. The lowest BCUT2D eigenvalue weighted by molar-refractivity contribution is -0.250. The molecule has 0 saturated heterocycles. The van der Waals surface area contributed by atoms with Gasteiger partial charge in [0.1, 0.15) is 12.6 Å². The molecule has 0 aromatic carbocycles. The molecule has 0 radical (unpaired) electrons. The molecule has 0 aliphatic heterocycles. The normalized spacial score (nSPS) is 48.2. The van der Waals surface area contributed by atoms with E-state index in [0.717, 1.165) is 51.4 Å². The molecule has 5 aliphatic carbocycles. The summed E-state index contributed by atoms with van der Waals surface area (Å²) in [6, 6.07) is 0. The standard InChI is InChI=1S/C33H53NO5/c1-20(2)21-11-16-33(28(36)37)18-17-31(6)22(27(21)33)9-10-24-30(5)14-13-25(39-26(35)19-34-38-8)29(3,4)23(30)12-15-32(24,31)7/h21-25,27,34H,1,9-19H2,2-8H3,(H,36,37)/t21-,22?,23?,24?,25?,27?,30?,31?,32?,33?/m0/s1. The number of hydroxylamine groups is 1. The highest BCUT2D eigenvalue weighted by Gasteiger charge is 2.72. The van der Waals surface area contributed by atoms with Crippen molar-refractivity contribution in [1.29, 1.82) is 0 Å². The fourth-order valence-corrected chi connectivity index (χ4v) is 12.0. The summed E-state index contributed by atoms with van der Waals surface area (Å²) in [5.74, 6) is 1.25. The molecule has 0 aromatic rings. The van der Waals surface area contributed by atoms with E-state index in [4.69, 9.17) is 9.57 Å². The third kappa shape index (κ3) is 3.93. The van der Waals surface area contributed by atoms with Crippen LogP contribution in [-0.2, 0) is 19.2 Å². The van der Waals surface area contributed by atoms with Gasteiger partial charge in [0.25, 0.3) is 0 Å².